The van der Waals surface area contributed by atoms with Gasteiger partial charge in [-0.25, -0.2) is 0 Å². The summed E-state index contributed by atoms with van der Waals surface area (Å²) in [5.41, 5.74) is 7.39. The Morgan fingerprint density at radius 1 is 1.25 bits per heavy atom. The zero-order valence-electron chi connectivity index (χ0n) is 12.8. The standard InChI is InChI=1S/C17H28N2O/c1-3-19-12-8-7-9-14(13-18)17(19)15-10-5-6-11-16(15)20-4-2/h5-6,10-11,14,17H,3-4,7-9,12-13,18H2,1-2H3. The summed E-state index contributed by atoms with van der Waals surface area (Å²) in [7, 11) is 0. The van der Waals surface area contributed by atoms with Crippen LogP contribution in [0.2, 0.25) is 0 Å². The van der Waals surface area contributed by atoms with Gasteiger partial charge in [0, 0.05) is 11.6 Å². The van der Waals surface area contributed by atoms with Gasteiger partial charge in [0.05, 0.1) is 6.61 Å². The molecule has 1 aromatic carbocycles. The quantitative estimate of drug-likeness (QED) is 0.897. The smallest absolute Gasteiger partial charge is 0.124 e. The molecular formula is C17H28N2O. The molecule has 0 bridgehead atoms. The number of likely N-dealkylation sites (tertiary alicyclic amines) is 1. The molecule has 3 heteroatoms. The summed E-state index contributed by atoms with van der Waals surface area (Å²) >= 11 is 0. The van der Waals surface area contributed by atoms with Crippen molar-refractivity contribution in [3.63, 3.8) is 0 Å². The van der Waals surface area contributed by atoms with Crippen LogP contribution in [0.4, 0.5) is 0 Å². The lowest BCUT2D eigenvalue weighted by atomic mass is 9.88. The van der Waals surface area contributed by atoms with Crippen LogP contribution in [-0.2, 0) is 0 Å². The van der Waals surface area contributed by atoms with Crippen molar-refractivity contribution in [1.29, 1.82) is 0 Å². The number of hydrogen-bond acceptors (Lipinski definition) is 3. The lowest BCUT2D eigenvalue weighted by Gasteiger charge is -2.35. The molecule has 1 heterocycles. The predicted octanol–water partition coefficient (Wildman–Crippen LogP) is 3.21. The molecule has 0 aliphatic carbocycles. The fourth-order valence-electron chi connectivity index (χ4n) is 3.38. The highest BCUT2D eigenvalue weighted by atomic mass is 16.5. The molecule has 1 aliphatic heterocycles. The molecule has 2 atom stereocenters. The summed E-state index contributed by atoms with van der Waals surface area (Å²) in [5.74, 6) is 1.55. The Labute approximate surface area is 123 Å². The van der Waals surface area contributed by atoms with Crippen molar-refractivity contribution < 1.29 is 4.74 Å². The Hall–Kier alpha value is -1.06. The van der Waals surface area contributed by atoms with E-state index in [9.17, 15) is 0 Å². The predicted molar refractivity (Wildman–Crippen MR) is 84.0 cm³/mol. The van der Waals surface area contributed by atoms with Crippen molar-refractivity contribution in [2.24, 2.45) is 11.7 Å². The fraction of sp³-hybridized carbons (Fsp3) is 0.647. The second-order valence-electron chi connectivity index (χ2n) is 5.54. The second kappa shape index (κ2) is 7.65. The van der Waals surface area contributed by atoms with E-state index in [2.05, 4.69) is 36.1 Å². The van der Waals surface area contributed by atoms with Gasteiger partial charge in [-0.15, -0.1) is 0 Å². The van der Waals surface area contributed by atoms with E-state index in [4.69, 9.17) is 10.5 Å². The Kier molecular flexibility index (Phi) is 5.86. The molecule has 0 radical (unpaired) electrons. The summed E-state index contributed by atoms with van der Waals surface area (Å²) in [4.78, 5) is 2.57. The average molecular weight is 276 g/mol. The van der Waals surface area contributed by atoms with Crippen LogP contribution in [0.5, 0.6) is 5.75 Å². The SMILES string of the molecule is CCOc1ccccc1C1C(CN)CCCCN1CC. The van der Waals surface area contributed by atoms with Crippen molar-refractivity contribution in [2.45, 2.75) is 39.2 Å². The van der Waals surface area contributed by atoms with E-state index in [-0.39, 0.29) is 0 Å². The van der Waals surface area contributed by atoms with Gasteiger partial charge in [-0.1, -0.05) is 31.5 Å². The third kappa shape index (κ3) is 3.33. The summed E-state index contributed by atoms with van der Waals surface area (Å²) in [5, 5.41) is 0. The molecule has 1 aliphatic rings. The number of rotatable bonds is 5. The lowest BCUT2D eigenvalue weighted by Crippen LogP contribution is -2.35. The number of benzene rings is 1. The molecule has 112 valence electrons. The highest BCUT2D eigenvalue weighted by Crippen LogP contribution is 2.38. The van der Waals surface area contributed by atoms with E-state index >= 15 is 0 Å². The van der Waals surface area contributed by atoms with Crippen LogP contribution in [0, 0.1) is 5.92 Å². The van der Waals surface area contributed by atoms with Gasteiger partial charge in [0.2, 0.25) is 0 Å². The summed E-state index contributed by atoms with van der Waals surface area (Å²) in [6.07, 6.45) is 3.78. The molecule has 1 aromatic rings. The van der Waals surface area contributed by atoms with Crippen molar-refractivity contribution in [3.8, 4) is 5.75 Å². The van der Waals surface area contributed by atoms with Gasteiger partial charge in [0.15, 0.2) is 0 Å². The minimum absolute atomic E-state index is 0.398. The molecule has 1 saturated heterocycles. The Morgan fingerprint density at radius 3 is 2.75 bits per heavy atom. The van der Waals surface area contributed by atoms with Crippen LogP contribution < -0.4 is 10.5 Å². The van der Waals surface area contributed by atoms with Gasteiger partial charge in [0.25, 0.3) is 0 Å². The Morgan fingerprint density at radius 2 is 2.05 bits per heavy atom. The molecule has 2 unspecified atom stereocenters. The van der Waals surface area contributed by atoms with Crippen molar-refractivity contribution in [1.82, 2.24) is 4.90 Å². The fourth-order valence-corrected chi connectivity index (χ4v) is 3.38. The zero-order valence-corrected chi connectivity index (χ0v) is 12.8. The van der Waals surface area contributed by atoms with Crippen LogP contribution in [0.25, 0.3) is 0 Å². The van der Waals surface area contributed by atoms with Crippen molar-refractivity contribution in [2.75, 3.05) is 26.2 Å². The first-order valence-corrected chi connectivity index (χ1v) is 7.97. The molecule has 20 heavy (non-hydrogen) atoms. The average Bonchev–Trinajstić information content (AvgIpc) is 2.69. The molecule has 0 amide bonds. The molecule has 3 nitrogen and oxygen atoms in total. The third-order valence-corrected chi connectivity index (χ3v) is 4.36. The highest BCUT2D eigenvalue weighted by Gasteiger charge is 2.31. The normalized spacial score (nSPS) is 24.4. The zero-order chi connectivity index (χ0) is 14.4. The molecular weight excluding hydrogens is 248 g/mol. The maximum absolute atomic E-state index is 6.07. The largest absolute Gasteiger partial charge is 0.494 e. The molecule has 0 saturated carbocycles. The molecule has 2 N–H and O–H groups in total. The monoisotopic (exact) mass is 276 g/mol. The van der Waals surface area contributed by atoms with Crippen LogP contribution in [0.1, 0.15) is 44.7 Å². The first-order chi connectivity index (χ1) is 9.81. The molecule has 0 spiro atoms. The van der Waals surface area contributed by atoms with Gasteiger partial charge in [0.1, 0.15) is 5.75 Å². The van der Waals surface area contributed by atoms with Crippen molar-refractivity contribution in [3.05, 3.63) is 29.8 Å². The topological polar surface area (TPSA) is 38.5 Å². The summed E-state index contributed by atoms with van der Waals surface area (Å²) < 4.78 is 5.85. The lowest BCUT2D eigenvalue weighted by molar-refractivity contribution is 0.162. The number of para-hydroxylation sites is 1. The van der Waals surface area contributed by atoms with Gasteiger partial charge in [-0.3, -0.25) is 4.90 Å². The van der Waals surface area contributed by atoms with E-state index in [0.29, 0.717) is 18.6 Å². The van der Waals surface area contributed by atoms with E-state index in [1.807, 2.05) is 6.92 Å². The number of nitrogens with two attached hydrogens (primary N) is 1. The van der Waals surface area contributed by atoms with Gasteiger partial charge in [-0.2, -0.15) is 0 Å². The number of hydrogen-bond donors (Lipinski definition) is 1. The van der Waals surface area contributed by atoms with Crippen LogP contribution in [-0.4, -0.2) is 31.1 Å². The first kappa shape index (κ1) is 15.3. The Balaban J connectivity index is 2.37. The molecule has 2 rings (SSSR count). The van der Waals surface area contributed by atoms with E-state index in [0.717, 1.165) is 25.4 Å². The van der Waals surface area contributed by atoms with Crippen molar-refractivity contribution >= 4 is 0 Å². The molecule has 0 aromatic heterocycles. The summed E-state index contributed by atoms with van der Waals surface area (Å²) in [6, 6.07) is 8.87. The minimum Gasteiger partial charge on any atom is -0.494 e. The Bertz CT molecular complexity index is 394. The van der Waals surface area contributed by atoms with Gasteiger partial charge < -0.3 is 10.5 Å². The van der Waals surface area contributed by atoms with Crippen LogP contribution >= 0.6 is 0 Å². The third-order valence-electron chi connectivity index (χ3n) is 4.36. The highest BCUT2D eigenvalue weighted by molar-refractivity contribution is 5.36. The molecule has 1 fully saturated rings. The van der Waals surface area contributed by atoms with E-state index < -0.39 is 0 Å². The van der Waals surface area contributed by atoms with Crippen LogP contribution in [0.15, 0.2) is 24.3 Å². The second-order valence-corrected chi connectivity index (χ2v) is 5.54. The number of nitrogens with zero attached hydrogens (tertiary/aromatic N) is 1. The van der Waals surface area contributed by atoms with E-state index in [1.54, 1.807) is 0 Å². The van der Waals surface area contributed by atoms with Crippen LogP contribution in [0.3, 0.4) is 0 Å². The number of ether oxygens (including phenoxy) is 1. The summed E-state index contributed by atoms with van der Waals surface area (Å²) in [6.45, 7) is 7.99. The first-order valence-electron chi connectivity index (χ1n) is 7.97. The minimum atomic E-state index is 0.398. The van der Waals surface area contributed by atoms with Gasteiger partial charge in [-0.05, 0) is 51.4 Å². The maximum atomic E-state index is 6.07. The maximum Gasteiger partial charge on any atom is 0.124 e. The van der Waals surface area contributed by atoms with Gasteiger partial charge >= 0.3 is 0 Å². The van der Waals surface area contributed by atoms with E-state index in [1.165, 1.54) is 24.8 Å².